The summed E-state index contributed by atoms with van der Waals surface area (Å²) in [6, 6.07) is 11.3. The molecule has 178 valence electrons. The molecule has 1 aliphatic rings. The number of anilines is 1. The zero-order valence-corrected chi connectivity index (χ0v) is 19.7. The monoisotopic (exact) mass is 453 g/mol. The van der Waals surface area contributed by atoms with Crippen molar-refractivity contribution in [2.24, 2.45) is 0 Å². The minimum absolute atomic E-state index is 0.212. The number of aryl methyl sites for hydroxylation is 1. The van der Waals surface area contributed by atoms with Crippen LogP contribution in [-0.2, 0) is 13.0 Å². The fourth-order valence-electron chi connectivity index (χ4n) is 4.46. The van der Waals surface area contributed by atoms with E-state index in [0.29, 0.717) is 30.4 Å². The van der Waals surface area contributed by atoms with Crippen LogP contribution in [0.1, 0.15) is 31.7 Å². The first-order chi connectivity index (χ1) is 16.0. The molecular weight excluding hydrogens is 418 g/mol. The fraction of sp³-hybridized carbons (Fsp3) is 0.542. The molecule has 4 rings (SSSR count). The van der Waals surface area contributed by atoms with Gasteiger partial charge in [-0.1, -0.05) is 43.7 Å². The van der Waals surface area contributed by atoms with E-state index in [-0.39, 0.29) is 17.5 Å². The van der Waals surface area contributed by atoms with Gasteiger partial charge in [-0.15, -0.1) is 0 Å². The van der Waals surface area contributed by atoms with Gasteiger partial charge in [-0.25, -0.2) is 4.79 Å². The van der Waals surface area contributed by atoms with Crippen LogP contribution in [0.25, 0.3) is 11.2 Å². The highest BCUT2D eigenvalue weighted by Crippen LogP contribution is 2.19. The van der Waals surface area contributed by atoms with Crippen LogP contribution in [0.15, 0.2) is 35.1 Å². The molecule has 1 aromatic carbocycles. The van der Waals surface area contributed by atoms with E-state index in [0.717, 1.165) is 51.9 Å². The molecule has 0 radical (unpaired) electrons. The summed E-state index contributed by atoms with van der Waals surface area (Å²) in [6.07, 6.45) is 3.80. The molecule has 0 amide bonds. The molecule has 1 atom stereocenters. The Hall–Kier alpha value is -2.91. The van der Waals surface area contributed by atoms with Crippen molar-refractivity contribution in [3.05, 3.63) is 46.4 Å². The first kappa shape index (κ1) is 23.3. The maximum absolute atomic E-state index is 12.6. The van der Waals surface area contributed by atoms with E-state index >= 15 is 0 Å². The molecule has 0 bridgehead atoms. The normalized spacial score (nSPS) is 17.6. The molecule has 1 unspecified atom stereocenters. The first-order valence-corrected chi connectivity index (χ1v) is 11.9. The van der Waals surface area contributed by atoms with Crippen molar-refractivity contribution in [2.45, 2.75) is 45.2 Å². The summed E-state index contributed by atoms with van der Waals surface area (Å²) in [5.74, 6) is 0.240. The summed E-state index contributed by atoms with van der Waals surface area (Å²) in [6.45, 7) is 7.24. The van der Waals surface area contributed by atoms with Crippen molar-refractivity contribution >= 4 is 17.0 Å². The van der Waals surface area contributed by atoms with Crippen LogP contribution in [0.2, 0.25) is 0 Å². The van der Waals surface area contributed by atoms with E-state index in [1.54, 1.807) is 4.57 Å². The molecule has 1 fully saturated rings. The summed E-state index contributed by atoms with van der Waals surface area (Å²) in [4.78, 5) is 29.0. The number of nitrogens with two attached hydrogens (primary N) is 1. The maximum Gasteiger partial charge on any atom is 0.327 e. The van der Waals surface area contributed by atoms with Gasteiger partial charge < -0.3 is 20.4 Å². The van der Waals surface area contributed by atoms with E-state index in [2.05, 4.69) is 69.1 Å². The third kappa shape index (κ3) is 5.72. The number of fused-ring (bicyclic) bond motifs is 1. The quantitative estimate of drug-likeness (QED) is 0.453. The number of piperazine rings is 1. The van der Waals surface area contributed by atoms with E-state index in [1.165, 1.54) is 5.56 Å². The number of ether oxygens (including phenoxy) is 1. The number of H-pyrrole nitrogens is 1. The van der Waals surface area contributed by atoms with Gasteiger partial charge in [0.1, 0.15) is 5.52 Å². The Labute approximate surface area is 194 Å². The summed E-state index contributed by atoms with van der Waals surface area (Å²) >= 11 is 0. The Morgan fingerprint density at radius 1 is 1.15 bits per heavy atom. The molecule has 0 spiro atoms. The van der Waals surface area contributed by atoms with Gasteiger partial charge in [0, 0.05) is 38.8 Å². The van der Waals surface area contributed by atoms with Crippen LogP contribution in [0.4, 0.5) is 5.82 Å². The molecule has 0 aliphatic carbocycles. The Morgan fingerprint density at radius 2 is 1.97 bits per heavy atom. The van der Waals surface area contributed by atoms with Gasteiger partial charge in [0.25, 0.3) is 0 Å². The highest BCUT2D eigenvalue weighted by Gasteiger charge is 2.25. The third-order valence-electron chi connectivity index (χ3n) is 6.31. The first-order valence-electron chi connectivity index (χ1n) is 11.9. The number of aromatic nitrogens is 4. The molecule has 1 saturated heterocycles. The summed E-state index contributed by atoms with van der Waals surface area (Å²) in [5.41, 5.74) is 8.20. The predicted octanol–water partition coefficient (Wildman–Crippen LogP) is 2.13. The molecule has 33 heavy (non-hydrogen) atoms. The highest BCUT2D eigenvalue weighted by atomic mass is 16.5. The van der Waals surface area contributed by atoms with Crippen LogP contribution in [0, 0.1) is 0 Å². The van der Waals surface area contributed by atoms with Crippen LogP contribution in [-0.4, -0.2) is 75.2 Å². The van der Waals surface area contributed by atoms with Gasteiger partial charge in [-0.05, 0) is 31.9 Å². The number of nitrogen functional groups attached to an aromatic ring is 1. The van der Waals surface area contributed by atoms with Crippen molar-refractivity contribution in [1.82, 2.24) is 29.3 Å². The van der Waals surface area contributed by atoms with Gasteiger partial charge >= 0.3 is 11.7 Å². The standard InChI is InChI=1S/C24H35N7O2/c1-3-4-15-33-23-27-21(25)20-22(28-23)31(24(32)26-20)12-8-11-30-14-13-29(2)17-19(30)16-18-9-6-5-7-10-18/h5-7,9-10,19H,3-4,8,11-17H2,1-2H3,(H,26,32)(H2,25,27,28). The number of hydrogen-bond acceptors (Lipinski definition) is 7. The van der Waals surface area contributed by atoms with Crippen LogP contribution in [0.5, 0.6) is 6.01 Å². The highest BCUT2D eigenvalue weighted by molar-refractivity contribution is 5.81. The van der Waals surface area contributed by atoms with E-state index in [9.17, 15) is 4.79 Å². The van der Waals surface area contributed by atoms with Crippen molar-refractivity contribution < 1.29 is 4.74 Å². The smallest absolute Gasteiger partial charge is 0.327 e. The van der Waals surface area contributed by atoms with Crippen LogP contribution in [0.3, 0.4) is 0 Å². The number of aromatic amines is 1. The molecule has 3 aromatic rings. The average Bonchev–Trinajstić information content (AvgIpc) is 3.12. The second-order valence-electron chi connectivity index (χ2n) is 8.87. The molecule has 1 aliphatic heterocycles. The Balaban J connectivity index is 1.44. The summed E-state index contributed by atoms with van der Waals surface area (Å²) < 4.78 is 7.29. The van der Waals surface area contributed by atoms with Crippen LogP contribution < -0.4 is 16.2 Å². The average molecular weight is 454 g/mol. The van der Waals surface area contributed by atoms with Gasteiger partial charge in [0.2, 0.25) is 0 Å². The van der Waals surface area contributed by atoms with E-state index < -0.39 is 0 Å². The molecule has 3 N–H and O–H groups in total. The molecule has 3 heterocycles. The minimum Gasteiger partial charge on any atom is -0.463 e. The molecule has 0 saturated carbocycles. The Bertz CT molecular complexity index is 1100. The number of nitrogens with zero attached hydrogens (tertiary/aromatic N) is 5. The lowest BCUT2D eigenvalue weighted by Gasteiger charge is -2.40. The lowest BCUT2D eigenvalue weighted by atomic mass is 10.0. The predicted molar refractivity (Wildman–Crippen MR) is 131 cm³/mol. The molecular formula is C24H35N7O2. The van der Waals surface area contributed by atoms with E-state index in [4.69, 9.17) is 10.5 Å². The lowest BCUT2D eigenvalue weighted by Crippen LogP contribution is -2.53. The number of imidazole rings is 1. The largest absolute Gasteiger partial charge is 0.463 e. The van der Waals surface area contributed by atoms with Crippen molar-refractivity contribution in [1.29, 1.82) is 0 Å². The summed E-state index contributed by atoms with van der Waals surface area (Å²) in [7, 11) is 2.19. The number of hydrogen-bond donors (Lipinski definition) is 2. The van der Waals surface area contributed by atoms with Gasteiger partial charge in [0.05, 0.1) is 6.61 Å². The fourth-order valence-corrected chi connectivity index (χ4v) is 4.46. The zero-order chi connectivity index (χ0) is 23.2. The number of unbranched alkanes of at least 4 members (excludes halogenated alkanes) is 1. The minimum atomic E-state index is -0.212. The molecule has 9 heteroatoms. The topological polar surface area (TPSA) is 105 Å². The van der Waals surface area contributed by atoms with Crippen molar-refractivity contribution in [3.8, 4) is 6.01 Å². The Kier molecular flexibility index (Phi) is 7.61. The van der Waals surface area contributed by atoms with Gasteiger partial charge in [0.15, 0.2) is 11.5 Å². The maximum atomic E-state index is 12.6. The number of rotatable bonds is 10. The zero-order valence-electron chi connectivity index (χ0n) is 19.7. The van der Waals surface area contributed by atoms with E-state index in [1.807, 2.05) is 0 Å². The number of likely N-dealkylation sites (N-methyl/N-ethyl adjacent to an activating group) is 1. The van der Waals surface area contributed by atoms with Gasteiger partial charge in [-0.3, -0.25) is 9.47 Å². The Morgan fingerprint density at radius 3 is 2.76 bits per heavy atom. The van der Waals surface area contributed by atoms with Gasteiger partial charge in [-0.2, -0.15) is 9.97 Å². The van der Waals surface area contributed by atoms with Crippen LogP contribution >= 0.6 is 0 Å². The SMILES string of the molecule is CCCCOc1nc(N)c2[nH]c(=O)n(CCCN3CCN(C)CC3Cc3ccccc3)c2n1. The number of nitrogens with one attached hydrogen (secondary N) is 1. The second-order valence-corrected chi connectivity index (χ2v) is 8.87. The lowest BCUT2D eigenvalue weighted by molar-refractivity contribution is 0.0877. The van der Waals surface area contributed by atoms with Crippen molar-refractivity contribution in [2.75, 3.05) is 45.6 Å². The molecule has 2 aromatic heterocycles. The van der Waals surface area contributed by atoms with Crippen molar-refractivity contribution in [3.63, 3.8) is 0 Å². The molecule has 9 nitrogen and oxygen atoms in total. The summed E-state index contributed by atoms with van der Waals surface area (Å²) in [5, 5.41) is 0. The number of benzene rings is 1. The third-order valence-corrected chi connectivity index (χ3v) is 6.31. The second kappa shape index (κ2) is 10.8.